The van der Waals surface area contributed by atoms with Gasteiger partial charge in [-0.05, 0) is 60.7 Å². The molecule has 0 aliphatic heterocycles. The van der Waals surface area contributed by atoms with Gasteiger partial charge < -0.3 is 0 Å². The van der Waals surface area contributed by atoms with Gasteiger partial charge in [0.1, 0.15) is 0 Å². The highest BCUT2D eigenvalue weighted by atomic mass is 14.5. The Morgan fingerprint density at radius 1 is 0.833 bits per heavy atom. The third-order valence-electron chi connectivity index (χ3n) is 8.08. The number of fused-ring (bicyclic) bond motifs is 1. The minimum absolute atomic E-state index is 0.541. The smallest absolute Gasteiger partial charge is 0.0139 e. The van der Waals surface area contributed by atoms with Crippen molar-refractivity contribution in [3.05, 3.63) is 24.3 Å². The highest BCUT2D eigenvalue weighted by molar-refractivity contribution is 5.18. The lowest BCUT2D eigenvalue weighted by molar-refractivity contribution is -0.0439. The van der Waals surface area contributed by atoms with Gasteiger partial charge in [0.2, 0.25) is 0 Å². The molecule has 136 valence electrons. The monoisotopic (exact) mass is 328 g/mol. The zero-order valence-corrected chi connectivity index (χ0v) is 16.5. The van der Waals surface area contributed by atoms with Gasteiger partial charge in [0.15, 0.2) is 0 Å². The first-order valence-corrected chi connectivity index (χ1v) is 10.9. The molecule has 3 aliphatic carbocycles. The van der Waals surface area contributed by atoms with Gasteiger partial charge in [0, 0.05) is 0 Å². The Hall–Kier alpha value is -0.520. The fraction of sp³-hybridized carbons (Fsp3) is 0.833. The SMILES string of the molecule is CCCCC1CC(C)(C2(C)CCCCCCC2)CC2C=CC=CC21. The number of rotatable bonds is 4. The van der Waals surface area contributed by atoms with Crippen molar-refractivity contribution in [1.82, 2.24) is 0 Å². The van der Waals surface area contributed by atoms with Gasteiger partial charge >= 0.3 is 0 Å². The molecule has 3 aliphatic rings. The molecular formula is C24H40. The van der Waals surface area contributed by atoms with Crippen LogP contribution < -0.4 is 0 Å². The van der Waals surface area contributed by atoms with Crippen molar-refractivity contribution >= 4 is 0 Å². The Labute approximate surface area is 151 Å². The third-order valence-corrected chi connectivity index (χ3v) is 8.08. The van der Waals surface area contributed by atoms with Crippen LogP contribution in [0.5, 0.6) is 0 Å². The van der Waals surface area contributed by atoms with Gasteiger partial charge in [0.05, 0.1) is 0 Å². The van der Waals surface area contributed by atoms with Crippen LogP contribution in [0.15, 0.2) is 24.3 Å². The van der Waals surface area contributed by atoms with Gasteiger partial charge in [0.25, 0.3) is 0 Å². The first kappa shape index (κ1) is 18.3. The highest BCUT2D eigenvalue weighted by Gasteiger charge is 2.50. The molecule has 0 saturated heterocycles. The minimum Gasteiger partial charge on any atom is -0.0808 e. The van der Waals surface area contributed by atoms with Crippen LogP contribution in [0, 0.1) is 28.6 Å². The number of allylic oxidation sites excluding steroid dienone is 4. The van der Waals surface area contributed by atoms with E-state index >= 15 is 0 Å². The molecular weight excluding hydrogens is 288 g/mol. The van der Waals surface area contributed by atoms with Crippen LogP contribution >= 0.6 is 0 Å². The lowest BCUT2D eigenvalue weighted by Crippen LogP contribution is -2.47. The van der Waals surface area contributed by atoms with E-state index in [0.717, 1.165) is 17.8 Å². The first-order valence-electron chi connectivity index (χ1n) is 10.9. The van der Waals surface area contributed by atoms with E-state index in [1.165, 1.54) is 77.0 Å². The van der Waals surface area contributed by atoms with Gasteiger partial charge in [-0.1, -0.05) is 90.0 Å². The lowest BCUT2D eigenvalue weighted by atomic mass is 9.49. The van der Waals surface area contributed by atoms with Gasteiger partial charge in [-0.15, -0.1) is 0 Å². The Morgan fingerprint density at radius 2 is 1.50 bits per heavy atom. The molecule has 0 heterocycles. The molecule has 0 heteroatoms. The summed E-state index contributed by atoms with van der Waals surface area (Å²) in [6.45, 7) is 7.69. The van der Waals surface area contributed by atoms with E-state index in [9.17, 15) is 0 Å². The largest absolute Gasteiger partial charge is 0.0808 e. The fourth-order valence-corrected chi connectivity index (χ4v) is 6.24. The molecule has 0 amide bonds. The van der Waals surface area contributed by atoms with E-state index in [0.29, 0.717) is 10.8 Å². The zero-order chi connectivity index (χ0) is 17.0. The summed E-state index contributed by atoms with van der Waals surface area (Å²) in [5, 5.41) is 0. The molecule has 0 aromatic rings. The average Bonchev–Trinajstić information content (AvgIpc) is 2.56. The maximum atomic E-state index is 2.68. The number of hydrogen-bond acceptors (Lipinski definition) is 0. The summed E-state index contributed by atoms with van der Waals surface area (Å²) in [7, 11) is 0. The molecule has 0 radical (unpaired) electrons. The number of unbranched alkanes of at least 4 members (excludes halogenated alkanes) is 1. The molecule has 4 atom stereocenters. The summed E-state index contributed by atoms with van der Waals surface area (Å²) in [4.78, 5) is 0. The summed E-state index contributed by atoms with van der Waals surface area (Å²) in [6.07, 6.45) is 27.2. The van der Waals surface area contributed by atoms with E-state index in [1.54, 1.807) is 0 Å². The Balaban J connectivity index is 1.82. The molecule has 2 fully saturated rings. The van der Waals surface area contributed by atoms with Crippen LogP contribution in [0.2, 0.25) is 0 Å². The standard InChI is InChI=1S/C24H40/c1-4-5-13-20-18-24(3,19-21-14-9-10-15-22(20)21)23(2)16-11-7-6-8-12-17-23/h9-10,14-15,20-22H,4-8,11-13,16-19H2,1-3H3. The van der Waals surface area contributed by atoms with Crippen molar-refractivity contribution in [2.75, 3.05) is 0 Å². The summed E-state index contributed by atoms with van der Waals surface area (Å²) in [6, 6.07) is 0. The summed E-state index contributed by atoms with van der Waals surface area (Å²) in [5.74, 6) is 2.54. The van der Waals surface area contributed by atoms with Crippen molar-refractivity contribution < 1.29 is 0 Å². The van der Waals surface area contributed by atoms with Crippen LogP contribution in [0.1, 0.15) is 97.8 Å². The summed E-state index contributed by atoms with van der Waals surface area (Å²) < 4.78 is 0. The topological polar surface area (TPSA) is 0 Å². The van der Waals surface area contributed by atoms with Crippen LogP contribution in [-0.2, 0) is 0 Å². The van der Waals surface area contributed by atoms with Crippen molar-refractivity contribution in [2.24, 2.45) is 28.6 Å². The van der Waals surface area contributed by atoms with E-state index < -0.39 is 0 Å². The Morgan fingerprint density at radius 3 is 2.21 bits per heavy atom. The Bertz CT molecular complexity index is 449. The highest BCUT2D eigenvalue weighted by Crippen LogP contribution is 2.60. The van der Waals surface area contributed by atoms with Crippen molar-refractivity contribution in [2.45, 2.75) is 97.8 Å². The van der Waals surface area contributed by atoms with Gasteiger partial charge in [-0.25, -0.2) is 0 Å². The van der Waals surface area contributed by atoms with E-state index in [4.69, 9.17) is 0 Å². The molecule has 24 heavy (non-hydrogen) atoms. The molecule has 0 aromatic carbocycles. The molecule has 0 bridgehead atoms. The number of hydrogen-bond donors (Lipinski definition) is 0. The average molecular weight is 329 g/mol. The van der Waals surface area contributed by atoms with Gasteiger partial charge in [-0.3, -0.25) is 0 Å². The van der Waals surface area contributed by atoms with Crippen molar-refractivity contribution in [3.8, 4) is 0 Å². The fourth-order valence-electron chi connectivity index (χ4n) is 6.24. The lowest BCUT2D eigenvalue weighted by Gasteiger charge is -2.56. The summed E-state index contributed by atoms with van der Waals surface area (Å²) in [5.41, 5.74) is 1.11. The van der Waals surface area contributed by atoms with Crippen molar-refractivity contribution in [3.63, 3.8) is 0 Å². The van der Waals surface area contributed by atoms with Crippen LogP contribution in [0.4, 0.5) is 0 Å². The van der Waals surface area contributed by atoms with E-state index in [1.807, 2.05) is 0 Å². The van der Waals surface area contributed by atoms with Crippen molar-refractivity contribution in [1.29, 1.82) is 0 Å². The Kier molecular flexibility index (Phi) is 5.94. The second-order valence-corrected chi connectivity index (χ2v) is 9.71. The van der Waals surface area contributed by atoms with Crippen LogP contribution in [0.3, 0.4) is 0 Å². The second kappa shape index (κ2) is 7.79. The predicted molar refractivity (Wildman–Crippen MR) is 106 cm³/mol. The maximum Gasteiger partial charge on any atom is -0.0139 e. The molecule has 0 spiro atoms. The normalized spacial score (nSPS) is 39.0. The van der Waals surface area contributed by atoms with Gasteiger partial charge in [-0.2, -0.15) is 0 Å². The van der Waals surface area contributed by atoms with E-state index in [2.05, 4.69) is 45.1 Å². The second-order valence-electron chi connectivity index (χ2n) is 9.71. The first-order chi connectivity index (χ1) is 11.6. The quantitative estimate of drug-likeness (QED) is 0.496. The van der Waals surface area contributed by atoms with Crippen LogP contribution in [-0.4, -0.2) is 0 Å². The summed E-state index contributed by atoms with van der Waals surface area (Å²) >= 11 is 0. The predicted octanol–water partition coefficient (Wildman–Crippen LogP) is 7.70. The molecule has 0 nitrogen and oxygen atoms in total. The molecule has 0 aromatic heterocycles. The molecule has 0 N–H and O–H groups in total. The zero-order valence-electron chi connectivity index (χ0n) is 16.5. The van der Waals surface area contributed by atoms with Crippen LogP contribution in [0.25, 0.3) is 0 Å². The third kappa shape index (κ3) is 3.68. The molecule has 4 unspecified atom stereocenters. The molecule has 2 saturated carbocycles. The maximum absolute atomic E-state index is 2.68. The van der Waals surface area contributed by atoms with E-state index in [-0.39, 0.29) is 0 Å². The molecule has 3 rings (SSSR count). The minimum atomic E-state index is 0.541.